The summed E-state index contributed by atoms with van der Waals surface area (Å²) in [7, 11) is 0. The number of ether oxygens (including phenoxy) is 2. The van der Waals surface area contributed by atoms with Gasteiger partial charge in [0.1, 0.15) is 36.6 Å². The van der Waals surface area contributed by atoms with Gasteiger partial charge in [0, 0.05) is 0 Å². The lowest BCUT2D eigenvalue weighted by Crippen LogP contribution is -2.60. The third-order valence-corrected chi connectivity index (χ3v) is 11.7. The lowest BCUT2D eigenvalue weighted by atomic mass is 9.98. The van der Waals surface area contributed by atoms with Gasteiger partial charge in [0.2, 0.25) is 5.91 Å². The highest BCUT2D eigenvalue weighted by Gasteiger charge is 2.44. The van der Waals surface area contributed by atoms with Crippen LogP contribution in [0.4, 0.5) is 0 Å². The van der Waals surface area contributed by atoms with Gasteiger partial charge in [-0.15, -0.1) is 0 Å². The van der Waals surface area contributed by atoms with Crippen LogP contribution >= 0.6 is 0 Å². The molecule has 0 aromatic heterocycles. The van der Waals surface area contributed by atoms with Gasteiger partial charge in [-0.05, 0) is 12.8 Å². The molecule has 0 aromatic rings. The second kappa shape index (κ2) is 36.0. The molecule has 11 heteroatoms. The van der Waals surface area contributed by atoms with E-state index in [1.807, 2.05) is 0 Å². The summed E-state index contributed by atoms with van der Waals surface area (Å²) in [6.07, 6.45) is 24.4. The first-order valence-corrected chi connectivity index (χ1v) is 23.4. The molecule has 1 amide bonds. The molecule has 1 aliphatic rings. The van der Waals surface area contributed by atoms with E-state index < -0.39 is 74.2 Å². The number of unbranched alkanes of at least 4 members (excludes halogenated alkanes) is 27. The van der Waals surface area contributed by atoms with Crippen molar-refractivity contribution in [3.8, 4) is 0 Å². The second-order valence-corrected chi connectivity index (χ2v) is 16.8. The van der Waals surface area contributed by atoms with Crippen LogP contribution in [0.5, 0.6) is 0 Å². The number of aliphatic hydroxyl groups is 7. The average molecular weight is 804 g/mol. The summed E-state index contributed by atoms with van der Waals surface area (Å²) < 4.78 is 11.1. The van der Waals surface area contributed by atoms with Crippen molar-refractivity contribution in [3.05, 3.63) is 0 Å². The summed E-state index contributed by atoms with van der Waals surface area (Å²) in [6, 6.07) is -1.16. The Balaban J connectivity index is 2.41. The topological polar surface area (TPSA) is 189 Å². The van der Waals surface area contributed by atoms with Crippen molar-refractivity contribution in [3.63, 3.8) is 0 Å². The number of amides is 1. The van der Waals surface area contributed by atoms with Crippen LogP contribution in [0, 0.1) is 0 Å². The minimum Gasteiger partial charge on any atom is -0.394 e. The third kappa shape index (κ3) is 25.6. The molecule has 1 rings (SSSR count). The second-order valence-electron chi connectivity index (χ2n) is 16.8. The molecule has 1 aliphatic heterocycles. The van der Waals surface area contributed by atoms with E-state index in [2.05, 4.69) is 19.2 Å². The van der Waals surface area contributed by atoms with Crippen LogP contribution in [0.2, 0.25) is 0 Å². The molecule has 334 valence electrons. The van der Waals surface area contributed by atoms with Gasteiger partial charge in [-0.25, -0.2) is 0 Å². The molecule has 0 aromatic carbocycles. The van der Waals surface area contributed by atoms with Crippen LogP contribution in [-0.4, -0.2) is 110 Å². The van der Waals surface area contributed by atoms with Gasteiger partial charge in [0.05, 0.1) is 25.4 Å². The quantitative estimate of drug-likeness (QED) is 0.0289. The summed E-state index contributed by atoms with van der Waals surface area (Å²) in [5.74, 6) is -0.696. The first-order valence-electron chi connectivity index (χ1n) is 23.4. The van der Waals surface area contributed by atoms with E-state index in [1.165, 1.54) is 135 Å². The highest BCUT2D eigenvalue weighted by molar-refractivity contribution is 5.80. The highest BCUT2D eigenvalue weighted by Crippen LogP contribution is 2.23. The maximum Gasteiger partial charge on any atom is 0.249 e. The Morgan fingerprint density at radius 3 is 1.32 bits per heavy atom. The maximum absolute atomic E-state index is 13.0. The summed E-state index contributed by atoms with van der Waals surface area (Å²) in [4.78, 5) is 13.0. The monoisotopic (exact) mass is 804 g/mol. The number of rotatable bonds is 39. The van der Waals surface area contributed by atoms with Gasteiger partial charge in [0.25, 0.3) is 0 Å². The Hall–Kier alpha value is -0.890. The molecule has 0 spiro atoms. The van der Waals surface area contributed by atoms with Gasteiger partial charge < -0.3 is 50.5 Å². The van der Waals surface area contributed by atoms with E-state index in [1.54, 1.807) is 0 Å². The smallest absolute Gasteiger partial charge is 0.249 e. The van der Waals surface area contributed by atoms with Crippen LogP contribution in [0.25, 0.3) is 0 Å². The van der Waals surface area contributed by atoms with Crippen molar-refractivity contribution < 1.29 is 50.0 Å². The normalized spacial score (nSPS) is 22.2. The molecule has 1 heterocycles. The minimum absolute atomic E-state index is 0.265. The molecule has 9 unspecified atom stereocenters. The Morgan fingerprint density at radius 2 is 0.929 bits per heavy atom. The Labute approximate surface area is 341 Å². The number of nitrogens with one attached hydrogen (secondary N) is 1. The zero-order chi connectivity index (χ0) is 41.2. The van der Waals surface area contributed by atoms with Crippen LogP contribution in [0.1, 0.15) is 213 Å². The molecular formula is C45H89NO10. The van der Waals surface area contributed by atoms with Gasteiger partial charge in [0.15, 0.2) is 6.29 Å². The molecule has 0 aliphatic carbocycles. The van der Waals surface area contributed by atoms with Crippen molar-refractivity contribution in [1.29, 1.82) is 0 Å². The number of hydrogen-bond donors (Lipinski definition) is 8. The fraction of sp³-hybridized carbons (Fsp3) is 0.978. The van der Waals surface area contributed by atoms with E-state index >= 15 is 0 Å². The predicted molar refractivity (Wildman–Crippen MR) is 224 cm³/mol. The Bertz CT molecular complexity index is 882. The highest BCUT2D eigenvalue weighted by atomic mass is 16.7. The van der Waals surface area contributed by atoms with Crippen molar-refractivity contribution >= 4 is 5.91 Å². The van der Waals surface area contributed by atoms with Crippen LogP contribution in [0.15, 0.2) is 0 Å². The van der Waals surface area contributed by atoms with E-state index in [9.17, 15) is 40.5 Å². The SMILES string of the molecule is CCCCCCCCCCCCCCCCCCCCCC(O)C(O)C(COC1OC(CO)C(O)C(O)C1O)NC(=O)C(O)CCCCCCCCCCCC. The molecule has 0 radical (unpaired) electrons. The first kappa shape index (κ1) is 53.1. The largest absolute Gasteiger partial charge is 0.394 e. The van der Waals surface area contributed by atoms with Crippen molar-refractivity contribution in [2.24, 2.45) is 0 Å². The molecular weight excluding hydrogens is 714 g/mol. The van der Waals surface area contributed by atoms with E-state index in [4.69, 9.17) is 9.47 Å². The summed E-state index contributed by atoms with van der Waals surface area (Å²) in [5.41, 5.74) is 0. The summed E-state index contributed by atoms with van der Waals surface area (Å²) >= 11 is 0. The van der Waals surface area contributed by atoms with E-state index in [0.29, 0.717) is 19.3 Å². The molecule has 0 saturated carbocycles. The third-order valence-electron chi connectivity index (χ3n) is 11.7. The van der Waals surface area contributed by atoms with E-state index in [0.717, 1.165) is 38.5 Å². The van der Waals surface area contributed by atoms with Crippen molar-refractivity contribution in [2.75, 3.05) is 13.2 Å². The standard InChI is InChI=1S/C45H89NO10/c1-3-5-7-9-11-13-15-16-17-18-19-20-21-22-23-25-26-28-30-32-37(48)40(50)36(35-55-45-43(53)42(52)41(51)39(34-47)56-45)46-44(54)38(49)33-31-29-27-24-14-12-10-8-6-4-2/h36-43,45,47-53H,3-35H2,1-2H3,(H,46,54). The zero-order valence-electron chi connectivity index (χ0n) is 35.9. The first-order chi connectivity index (χ1) is 27.2. The zero-order valence-corrected chi connectivity index (χ0v) is 35.9. The number of aliphatic hydroxyl groups excluding tert-OH is 7. The maximum atomic E-state index is 13.0. The lowest BCUT2D eigenvalue weighted by molar-refractivity contribution is -0.303. The van der Waals surface area contributed by atoms with Gasteiger partial charge >= 0.3 is 0 Å². The fourth-order valence-corrected chi connectivity index (χ4v) is 7.74. The summed E-state index contributed by atoms with van der Waals surface area (Å²) in [6.45, 7) is 3.43. The van der Waals surface area contributed by atoms with E-state index in [-0.39, 0.29) is 6.42 Å². The fourth-order valence-electron chi connectivity index (χ4n) is 7.74. The summed E-state index contributed by atoms with van der Waals surface area (Å²) in [5, 5.41) is 75.6. The van der Waals surface area contributed by atoms with Gasteiger partial charge in [-0.2, -0.15) is 0 Å². The lowest BCUT2D eigenvalue weighted by Gasteiger charge is -2.40. The van der Waals surface area contributed by atoms with Crippen molar-refractivity contribution in [2.45, 2.75) is 268 Å². The molecule has 1 saturated heterocycles. The average Bonchev–Trinajstić information content (AvgIpc) is 3.20. The molecule has 1 fully saturated rings. The molecule has 11 nitrogen and oxygen atoms in total. The predicted octanol–water partition coefficient (Wildman–Crippen LogP) is 7.50. The Kier molecular flexibility index (Phi) is 34.2. The molecule has 8 N–H and O–H groups in total. The van der Waals surface area contributed by atoms with Gasteiger partial charge in [-0.1, -0.05) is 200 Å². The van der Waals surface area contributed by atoms with Gasteiger partial charge in [-0.3, -0.25) is 4.79 Å². The Morgan fingerprint density at radius 1 is 0.554 bits per heavy atom. The van der Waals surface area contributed by atoms with Crippen LogP contribution < -0.4 is 5.32 Å². The number of hydrogen-bond acceptors (Lipinski definition) is 10. The molecule has 9 atom stereocenters. The van der Waals surface area contributed by atoms with Crippen LogP contribution in [0.3, 0.4) is 0 Å². The molecule has 56 heavy (non-hydrogen) atoms. The number of carbonyl (C=O) groups excluding carboxylic acids is 1. The van der Waals surface area contributed by atoms with Crippen molar-refractivity contribution in [1.82, 2.24) is 5.32 Å². The minimum atomic E-state index is -1.65. The van der Waals surface area contributed by atoms with Crippen LogP contribution in [-0.2, 0) is 14.3 Å². The number of carbonyl (C=O) groups is 1. The molecule has 0 bridgehead atoms.